The molecule has 3 heterocycles. The minimum absolute atomic E-state index is 0.0482. The first-order valence-electron chi connectivity index (χ1n) is 16.2. The summed E-state index contributed by atoms with van der Waals surface area (Å²) < 4.78 is 36.1. The van der Waals surface area contributed by atoms with Crippen LogP contribution in [0, 0.1) is 16.5 Å². The minimum atomic E-state index is -4.21. The molecule has 6 rings (SSSR count). The van der Waals surface area contributed by atoms with E-state index >= 15 is 0 Å². The van der Waals surface area contributed by atoms with Gasteiger partial charge in [-0.3, -0.25) is 14.3 Å². The van der Waals surface area contributed by atoms with Gasteiger partial charge < -0.3 is 20.2 Å². The molecule has 0 bridgehead atoms. The molecule has 0 unspecified atom stereocenters. The average molecular weight is 727 g/mol. The smallest absolute Gasteiger partial charge is 0.415 e. The summed E-state index contributed by atoms with van der Waals surface area (Å²) in [5, 5.41) is 28.7. The fraction of sp³-hybridized carbons (Fsp3) is 0.257. The van der Waals surface area contributed by atoms with Gasteiger partial charge in [-0.1, -0.05) is 79.3 Å². The Bertz CT molecular complexity index is 2120. The zero-order valence-corrected chi connectivity index (χ0v) is 29.3. The molecule has 0 radical (unpaired) electrons. The number of piperazine rings is 1. The topological polar surface area (TPSA) is 181 Å². The van der Waals surface area contributed by atoms with Crippen LogP contribution in [0.4, 0.5) is 11.5 Å². The molecule has 1 amide bonds. The molecule has 0 spiro atoms. The first-order chi connectivity index (χ1) is 24.8. The van der Waals surface area contributed by atoms with Crippen LogP contribution in [0.25, 0.3) is 11.3 Å². The van der Waals surface area contributed by atoms with E-state index in [0.29, 0.717) is 55.0 Å². The van der Waals surface area contributed by atoms with Crippen molar-refractivity contribution in [3.63, 3.8) is 0 Å². The van der Waals surface area contributed by atoms with Gasteiger partial charge in [-0.05, 0) is 41.2 Å². The molecule has 1 aliphatic heterocycles. The summed E-state index contributed by atoms with van der Waals surface area (Å²) in [6, 6.07) is 27.1. The van der Waals surface area contributed by atoms with Crippen molar-refractivity contribution in [3.05, 3.63) is 101 Å². The van der Waals surface area contributed by atoms with Crippen molar-refractivity contribution >= 4 is 39.0 Å². The van der Waals surface area contributed by atoms with Crippen molar-refractivity contribution in [1.29, 1.82) is 5.26 Å². The van der Waals surface area contributed by atoms with E-state index < -0.39 is 20.7 Å². The predicted octanol–water partition coefficient (Wildman–Crippen LogP) is 4.09. The number of carbonyl (C=O) groups is 1. The van der Waals surface area contributed by atoms with Crippen LogP contribution in [-0.2, 0) is 21.1 Å². The van der Waals surface area contributed by atoms with Crippen LogP contribution >= 0.6 is 11.8 Å². The van der Waals surface area contributed by atoms with Crippen LogP contribution in [0.15, 0.2) is 105 Å². The molecular formula is C35H34N8O6S2. The van der Waals surface area contributed by atoms with Crippen LogP contribution in [0.2, 0.25) is 0 Å². The lowest BCUT2D eigenvalue weighted by Crippen LogP contribution is -2.50. The molecule has 14 nitrogen and oxygen atoms in total. The number of aromatic nitrogens is 4. The summed E-state index contributed by atoms with van der Waals surface area (Å²) in [5.41, 5.74) is 3.52. The van der Waals surface area contributed by atoms with Crippen molar-refractivity contribution in [2.45, 2.75) is 28.4 Å². The van der Waals surface area contributed by atoms with E-state index in [4.69, 9.17) is 9.72 Å². The molecule has 1 aliphatic rings. The number of thioether (sulfide) groups is 1. The summed E-state index contributed by atoms with van der Waals surface area (Å²) in [6.07, 6.45) is 0.908. The van der Waals surface area contributed by atoms with E-state index in [9.17, 15) is 23.7 Å². The van der Waals surface area contributed by atoms with Crippen molar-refractivity contribution in [3.8, 4) is 23.2 Å². The number of hydrogen-bond donors (Lipinski definition) is 1. The molecule has 51 heavy (non-hydrogen) atoms. The molecule has 5 aromatic rings. The number of aryl methyl sites for hydroxylation is 1. The summed E-state index contributed by atoms with van der Waals surface area (Å²) in [6.45, 7) is 4.61. The maximum absolute atomic E-state index is 13.3. The van der Waals surface area contributed by atoms with E-state index in [2.05, 4.69) is 38.0 Å². The van der Waals surface area contributed by atoms with Crippen molar-refractivity contribution < 1.29 is 27.5 Å². The fourth-order valence-electron chi connectivity index (χ4n) is 5.42. The second kappa shape index (κ2) is 16.0. The molecule has 0 aliphatic carbocycles. The lowest BCUT2D eigenvalue weighted by molar-refractivity contribution is -0.832. The van der Waals surface area contributed by atoms with E-state index in [0.717, 1.165) is 17.7 Å². The Morgan fingerprint density at radius 3 is 2.37 bits per heavy atom. The molecule has 262 valence electrons. The van der Waals surface area contributed by atoms with Gasteiger partial charge in [-0.25, -0.2) is 18.4 Å². The molecule has 0 saturated carbocycles. The zero-order valence-electron chi connectivity index (χ0n) is 27.6. The maximum atomic E-state index is 13.3. The third kappa shape index (κ3) is 8.28. The van der Waals surface area contributed by atoms with Gasteiger partial charge >= 0.3 is 10.9 Å². The van der Waals surface area contributed by atoms with Gasteiger partial charge in [0.25, 0.3) is 9.84 Å². The van der Waals surface area contributed by atoms with Gasteiger partial charge in [0.1, 0.15) is 18.2 Å². The van der Waals surface area contributed by atoms with Gasteiger partial charge in [0.15, 0.2) is 11.0 Å². The predicted molar refractivity (Wildman–Crippen MR) is 188 cm³/mol. The number of anilines is 2. The SMILES string of the molecule is CCc1ccc(Nc2nc(SCC(=O)N3CCN(CCOc4no[n+]([O-])c4S(=O)(=O)c4ccccc4)CC3)nc(-c3ccccc3)c2C#N)cc1. The number of rotatable bonds is 13. The highest BCUT2D eigenvalue weighted by Gasteiger charge is 2.36. The number of hydrogen-bond acceptors (Lipinski definition) is 13. The summed E-state index contributed by atoms with van der Waals surface area (Å²) >= 11 is 1.21. The first kappa shape index (κ1) is 35.3. The Hall–Kier alpha value is -5.50. The van der Waals surface area contributed by atoms with Crippen LogP contribution in [-0.4, -0.2) is 84.3 Å². The van der Waals surface area contributed by atoms with Crippen molar-refractivity contribution in [1.82, 2.24) is 24.9 Å². The molecule has 2 aromatic heterocycles. The lowest BCUT2D eigenvalue weighted by atomic mass is 10.1. The molecule has 1 saturated heterocycles. The van der Waals surface area contributed by atoms with Crippen LogP contribution in [0.5, 0.6) is 5.88 Å². The molecule has 16 heteroatoms. The summed E-state index contributed by atoms with van der Waals surface area (Å²) in [5.74, 6) is -0.0173. The van der Waals surface area contributed by atoms with Crippen LogP contribution in [0.3, 0.4) is 0 Å². The number of ether oxygens (including phenoxy) is 1. The Morgan fingerprint density at radius 1 is 1.02 bits per heavy atom. The summed E-state index contributed by atoms with van der Waals surface area (Å²) in [4.78, 5) is 26.2. The van der Waals surface area contributed by atoms with E-state index in [1.807, 2.05) is 54.6 Å². The zero-order chi connectivity index (χ0) is 35.8. The van der Waals surface area contributed by atoms with Crippen LogP contribution in [0.1, 0.15) is 18.1 Å². The normalized spacial score (nSPS) is 13.5. The fourth-order valence-corrected chi connectivity index (χ4v) is 7.46. The quantitative estimate of drug-likeness (QED) is 0.104. The molecular weight excluding hydrogens is 693 g/mol. The highest BCUT2D eigenvalue weighted by Crippen LogP contribution is 2.31. The summed E-state index contributed by atoms with van der Waals surface area (Å²) in [7, 11) is -4.21. The van der Waals surface area contributed by atoms with Crippen molar-refractivity contribution in [2.24, 2.45) is 0 Å². The second-order valence-corrected chi connectivity index (χ2v) is 14.3. The standard InChI is InChI=1S/C35H34N8O6S2/c1-2-25-13-15-27(16-14-25)37-32-29(23-36)31(26-9-5-3-6-10-26)38-35(39-32)50-24-30(44)42-19-17-41(18-20-42)21-22-48-33-34(43(45)49-40-33)51(46,47)28-11-7-4-8-12-28/h3-16H,2,17-22,24H2,1H3,(H,37,38,39). The first-order valence-corrected chi connectivity index (χ1v) is 18.6. The largest absolute Gasteiger partial charge is 0.453 e. The monoisotopic (exact) mass is 726 g/mol. The van der Waals surface area contributed by atoms with E-state index in [-0.39, 0.29) is 28.1 Å². The van der Waals surface area contributed by atoms with Gasteiger partial charge in [0.05, 0.1) is 21.5 Å². The van der Waals surface area contributed by atoms with Crippen LogP contribution < -0.4 is 15.0 Å². The molecule has 1 N–H and O–H groups in total. The number of nitriles is 1. The number of nitrogens with one attached hydrogen (secondary N) is 1. The number of benzene rings is 3. The van der Waals surface area contributed by atoms with Gasteiger partial charge in [-0.2, -0.15) is 5.26 Å². The number of carbonyl (C=O) groups excluding carboxylic acids is 1. The highest BCUT2D eigenvalue weighted by atomic mass is 32.2. The van der Waals surface area contributed by atoms with E-state index in [1.165, 1.54) is 29.5 Å². The lowest BCUT2D eigenvalue weighted by Gasteiger charge is -2.34. The minimum Gasteiger partial charge on any atom is -0.453 e. The highest BCUT2D eigenvalue weighted by molar-refractivity contribution is 7.99. The average Bonchev–Trinajstić information content (AvgIpc) is 3.55. The van der Waals surface area contributed by atoms with Gasteiger partial charge in [-0.15, -0.1) is 0 Å². The maximum Gasteiger partial charge on any atom is 0.415 e. The van der Waals surface area contributed by atoms with Crippen molar-refractivity contribution in [2.75, 3.05) is 50.4 Å². The number of sulfone groups is 1. The number of nitrogens with zero attached hydrogens (tertiary/aromatic N) is 7. The van der Waals surface area contributed by atoms with Gasteiger partial charge in [0.2, 0.25) is 5.91 Å². The second-order valence-electron chi connectivity index (χ2n) is 11.4. The number of amides is 1. The Balaban J connectivity index is 1.05. The third-order valence-corrected chi connectivity index (χ3v) is 10.8. The molecule has 1 fully saturated rings. The van der Waals surface area contributed by atoms with E-state index in [1.54, 1.807) is 23.1 Å². The Kier molecular flexibility index (Phi) is 11.1. The van der Waals surface area contributed by atoms with Gasteiger partial charge in [0, 0.05) is 44.0 Å². The third-order valence-electron chi connectivity index (χ3n) is 8.22. The Morgan fingerprint density at radius 2 is 1.71 bits per heavy atom. The molecule has 0 atom stereocenters. The molecule has 3 aromatic carbocycles. The Labute approximate surface area is 299 Å².